The molecule has 1 aromatic carbocycles. The summed E-state index contributed by atoms with van der Waals surface area (Å²) in [5.41, 5.74) is 1.02. The van der Waals surface area contributed by atoms with Crippen LogP contribution in [0.25, 0.3) is 0 Å². The first-order chi connectivity index (χ1) is 6.95. The molecule has 4 nitrogen and oxygen atoms in total. The number of methoxy groups -OCH3 is 1. The van der Waals surface area contributed by atoms with Crippen LogP contribution in [0, 0.1) is 6.92 Å². The lowest BCUT2D eigenvalue weighted by Crippen LogP contribution is -2.33. The van der Waals surface area contributed by atoms with Gasteiger partial charge < -0.3 is 4.74 Å². The molecule has 0 spiro atoms. The molecule has 0 heterocycles. The number of ether oxygens (including phenoxy) is 1. The summed E-state index contributed by atoms with van der Waals surface area (Å²) in [7, 11) is -2.02. The average molecular weight is 229 g/mol. The number of aryl methyl sites for hydroxylation is 1. The van der Waals surface area contributed by atoms with E-state index in [9.17, 15) is 8.42 Å². The van der Waals surface area contributed by atoms with Crippen molar-refractivity contribution in [1.82, 2.24) is 4.72 Å². The second kappa shape index (κ2) is 4.74. The Morgan fingerprint density at radius 2 is 1.80 bits per heavy atom. The Kier molecular flexibility index (Phi) is 3.84. The Hall–Kier alpha value is -0.910. The Morgan fingerprint density at radius 1 is 1.27 bits per heavy atom. The van der Waals surface area contributed by atoms with Crippen LogP contribution >= 0.6 is 0 Å². The third-order valence-electron chi connectivity index (χ3n) is 2.01. The van der Waals surface area contributed by atoms with Crippen LogP contribution in [0.4, 0.5) is 0 Å². The van der Waals surface area contributed by atoms with E-state index in [0.717, 1.165) is 5.56 Å². The topological polar surface area (TPSA) is 55.4 Å². The molecule has 0 saturated heterocycles. The summed E-state index contributed by atoms with van der Waals surface area (Å²) in [5, 5.41) is 0. The van der Waals surface area contributed by atoms with Crippen molar-refractivity contribution in [3.8, 4) is 0 Å². The summed E-state index contributed by atoms with van der Waals surface area (Å²) >= 11 is 0. The van der Waals surface area contributed by atoms with E-state index >= 15 is 0 Å². The molecule has 84 valence electrons. The van der Waals surface area contributed by atoms with Gasteiger partial charge in [-0.15, -0.1) is 0 Å². The second-order valence-corrected chi connectivity index (χ2v) is 5.03. The minimum absolute atomic E-state index is 0.247. The van der Waals surface area contributed by atoms with Gasteiger partial charge in [-0.25, -0.2) is 8.42 Å². The molecular weight excluding hydrogens is 214 g/mol. The van der Waals surface area contributed by atoms with Gasteiger partial charge in [0.2, 0.25) is 10.0 Å². The molecule has 0 amide bonds. The smallest absolute Gasteiger partial charge is 0.242 e. The molecule has 0 fully saturated rings. The van der Waals surface area contributed by atoms with Crippen LogP contribution < -0.4 is 4.72 Å². The zero-order valence-corrected chi connectivity index (χ0v) is 9.84. The molecule has 0 unspecified atom stereocenters. The van der Waals surface area contributed by atoms with Crippen LogP contribution in [-0.4, -0.2) is 21.8 Å². The highest BCUT2D eigenvalue weighted by Gasteiger charge is 2.16. The number of benzene rings is 1. The number of hydrogen-bond donors (Lipinski definition) is 1. The molecule has 1 N–H and O–H groups in total. The van der Waals surface area contributed by atoms with E-state index in [2.05, 4.69) is 4.72 Å². The highest BCUT2D eigenvalue weighted by molar-refractivity contribution is 7.89. The third-order valence-corrected chi connectivity index (χ3v) is 3.54. The number of hydrogen-bond acceptors (Lipinski definition) is 3. The van der Waals surface area contributed by atoms with Crippen molar-refractivity contribution in [1.29, 1.82) is 0 Å². The predicted octanol–water partition coefficient (Wildman–Crippen LogP) is 1.27. The van der Waals surface area contributed by atoms with E-state index in [4.69, 9.17) is 4.74 Å². The van der Waals surface area contributed by atoms with Crippen LogP contribution in [0.5, 0.6) is 0 Å². The van der Waals surface area contributed by atoms with Crippen LogP contribution in [0.1, 0.15) is 12.5 Å². The molecule has 15 heavy (non-hydrogen) atoms. The molecule has 0 aliphatic heterocycles. The van der Waals surface area contributed by atoms with Gasteiger partial charge in [0.15, 0.2) is 0 Å². The van der Waals surface area contributed by atoms with Gasteiger partial charge in [0.25, 0.3) is 0 Å². The van der Waals surface area contributed by atoms with Crippen LogP contribution in [0.2, 0.25) is 0 Å². The van der Waals surface area contributed by atoms with Crippen molar-refractivity contribution in [2.24, 2.45) is 0 Å². The lowest BCUT2D eigenvalue weighted by Gasteiger charge is -2.12. The van der Waals surface area contributed by atoms with Crippen molar-refractivity contribution >= 4 is 10.0 Å². The van der Waals surface area contributed by atoms with Gasteiger partial charge in [-0.1, -0.05) is 17.7 Å². The number of sulfonamides is 1. The standard InChI is InChI=1S/C10H15NO3S/c1-8-4-6-10(7-5-8)15(12,13)11-9(2)14-3/h4-7,9,11H,1-3H3/t9-/m1/s1. The molecule has 0 bridgehead atoms. The molecule has 1 atom stereocenters. The molecule has 5 heteroatoms. The van der Waals surface area contributed by atoms with Crippen molar-refractivity contribution < 1.29 is 13.2 Å². The van der Waals surface area contributed by atoms with Gasteiger partial charge in [-0.05, 0) is 26.0 Å². The maximum Gasteiger partial charge on any atom is 0.242 e. The Balaban J connectivity index is 2.91. The number of nitrogens with one attached hydrogen (secondary N) is 1. The third kappa shape index (κ3) is 3.30. The van der Waals surface area contributed by atoms with E-state index in [1.165, 1.54) is 7.11 Å². The zero-order valence-electron chi connectivity index (χ0n) is 9.02. The molecule has 1 rings (SSSR count). The average Bonchev–Trinajstić information content (AvgIpc) is 2.17. The molecule has 0 aromatic heterocycles. The first kappa shape index (κ1) is 12.2. The highest BCUT2D eigenvalue weighted by atomic mass is 32.2. The number of rotatable bonds is 4. The zero-order chi connectivity index (χ0) is 11.5. The Bertz CT molecular complexity index is 411. The second-order valence-electron chi connectivity index (χ2n) is 3.31. The van der Waals surface area contributed by atoms with E-state index in [1.54, 1.807) is 31.2 Å². The van der Waals surface area contributed by atoms with Gasteiger partial charge in [-0.2, -0.15) is 4.72 Å². The first-order valence-corrected chi connectivity index (χ1v) is 6.06. The summed E-state index contributed by atoms with van der Waals surface area (Å²) in [6.45, 7) is 3.54. The van der Waals surface area contributed by atoms with Crippen molar-refractivity contribution in [3.63, 3.8) is 0 Å². The fourth-order valence-corrected chi connectivity index (χ4v) is 2.22. The largest absolute Gasteiger partial charge is 0.366 e. The van der Waals surface area contributed by atoms with Gasteiger partial charge in [-0.3, -0.25) is 0 Å². The minimum Gasteiger partial charge on any atom is -0.366 e. The molecule has 0 aliphatic rings. The summed E-state index contributed by atoms with van der Waals surface area (Å²) in [6, 6.07) is 6.65. The van der Waals surface area contributed by atoms with E-state index in [0.29, 0.717) is 0 Å². The van der Waals surface area contributed by atoms with Crippen molar-refractivity contribution in [3.05, 3.63) is 29.8 Å². The van der Waals surface area contributed by atoms with E-state index in [1.807, 2.05) is 6.92 Å². The van der Waals surface area contributed by atoms with Gasteiger partial charge in [0.05, 0.1) is 4.90 Å². The summed E-state index contributed by atoms with van der Waals surface area (Å²) in [6.07, 6.45) is -0.531. The van der Waals surface area contributed by atoms with Crippen LogP contribution in [0.15, 0.2) is 29.2 Å². The first-order valence-electron chi connectivity index (χ1n) is 4.57. The van der Waals surface area contributed by atoms with Crippen molar-refractivity contribution in [2.75, 3.05) is 7.11 Å². The molecule has 1 aromatic rings. The van der Waals surface area contributed by atoms with Crippen molar-refractivity contribution in [2.45, 2.75) is 25.0 Å². The monoisotopic (exact) mass is 229 g/mol. The molecular formula is C10H15NO3S. The quantitative estimate of drug-likeness (QED) is 0.791. The Labute approximate surface area is 90.3 Å². The van der Waals surface area contributed by atoms with Crippen LogP contribution in [0.3, 0.4) is 0 Å². The summed E-state index contributed by atoms with van der Waals surface area (Å²) in [5.74, 6) is 0. The maximum absolute atomic E-state index is 11.7. The Morgan fingerprint density at radius 3 is 2.27 bits per heavy atom. The lowest BCUT2D eigenvalue weighted by molar-refractivity contribution is 0.109. The summed E-state index contributed by atoms with van der Waals surface area (Å²) < 4.78 is 30.7. The fraction of sp³-hybridized carbons (Fsp3) is 0.400. The van der Waals surface area contributed by atoms with Gasteiger partial charge >= 0.3 is 0 Å². The minimum atomic E-state index is -3.46. The maximum atomic E-state index is 11.7. The van der Waals surface area contributed by atoms with Gasteiger partial charge in [0, 0.05) is 7.11 Å². The van der Waals surface area contributed by atoms with E-state index in [-0.39, 0.29) is 4.90 Å². The van der Waals surface area contributed by atoms with Crippen LogP contribution in [-0.2, 0) is 14.8 Å². The highest BCUT2D eigenvalue weighted by Crippen LogP contribution is 2.10. The molecule has 0 saturated carbocycles. The lowest BCUT2D eigenvalue weighted by atomic mass is 10.2. The van der Waals surface area contributed by atoms with E-state index < -0.39 is 16.3 Å². The molecule has 0 aliphatic carbocycles. The van der Waals surface area contributed by atoms with Gasteiger partial charge in [0.1, 0.15) is 6.23 Å². The predicted molar refractivity (Wildman–Crippen MR) is 58.0 cm³/mol. The fourth-order valence-electron chi connectivity index (χ4n) is 1.05. The normalized spacial score (nSPS) is 13.8. The molecule has 0 radical (unpaired) electrons. The SMILES string of the molecule is CO[C@H](C)NS(=O)(=O)c1ccc(C)cc1. The summed E-state index contributed by atoms with van der Waals surface area (Å²) in [4.78, 5) is 0.247.